The molecule has 2 aromatic carbocycles. The molecule has 27 heavy (non-hydrogen) atoms. The van der Waals surface area contributed by atoms with Crippen molar-refractivity contribution in [2.24, 2.45) is 0 Å². The average molecular weight is 389 g/mol. The van der Waals surface area contributed by atoms with Crippen LogP contribution in [-0.2, 0) is 10.0 Å². The fourth-order valence-corrected chi connectivity index (χ4v) is 3.41. The molecule has 3 aromatic rings. The van der Waals surface area contributed by atoms with E-state index in [2.05, 4.69) is 14.9 Å². The standard InChI is InChI=1S/C18H16FN3O4S/c1-25-17-11-14(6-7-15(17)19)27(23,24)22-13-5-3-4-12(10-13)16-8-9-18(26-2)21-20-16/h3-11,22H,1-2H3. The number of anilines is 1. The molecular formula is C18H16FN3O4S. The molecule has 7 nitrogen and oxygen atoms in total. The van der Waals surface area contributed by atoms with Gasteiger partial charge in [-0.2, -0.15) is 0 Å². The van der Waals surface area contributed by atoms with Gasteiger partial charge in [0.05, 0.1) is 24.8 Å². The summed E-state index contributed by atoms with van der Waals surface area (Å²) in [6.45, 7) is 0. The van der Waals surface area contributed by atoms with E-state index in [4.69, 9.17) is 9.47 Å². The minimum Gasteiger partial charge on any atom is -0.494 e. The molecule has 3 rings (SSSR count). The molecule has 0 bridgehead atoms. The second-order valence-corrected chi connectivity index (χ2v) is 7.13. The van der Waals surface area contributed by atoms with E-state index in [1.54, 1.807) is 36.4 Å². The quantitative estimate of drug-likeness (QED) is 0.697. The van der Waals surface area contributed by atoms with Crippen molar-refractivity contribution in [3.8, 4) is 22.9 Å². The van der Waals surface area contributed by atoms with Crippen molar-refractivity contribution < 1.29 is 22.3 Å². The lowest BCUT2D eigenvalue weighted by Gasteiger charge is -2.11. The molecule has 0 radical (unpaired) electrons. The Kier molecular flexibility index (Phi) is 5.22. The molecule has 140 valence electrons. The molecule has 0 amide bonds. The Bertz CT molecular complexity index is 1060. The number of halogens is 1. The average Bonchev–Trinajstić information content (AvgIpc) is 2.68. The molecule has 0 aliphatic carbocycles. The maximum absolute atomic E-state index is 13.5. The first kappa shape index (κ1) is 18.6. The van der Waals surface area contributed by atoms with Crippen LogP contribution in [0.5, 0.6) is 11.6 Å². The molecule has 0 saturated carbocycles. The number of ether oxygens (including phenoxy) is 2. The van der Waals surface area contributed by atoms with Gasteiger partial charge in [-0.15, -0.1) is 10.2 Å². The van der Waals surface area contributed by atoms with E-state index in [1.165, 1.54) is 20.3 Å². The Morgan fingerprint density at radius 3 is 2.44 bits per heavy atom. The Morgan fingerprint density at radius 2 is 1.78 bits per heavy atom. The normalized spacial score (nSPS) is 11.1. The van der Waals surface area contributed by atoms with E-state index in [0.717, 1.165) is 12.1 Å². The molecule has 0 aliphatic heterocycles. The number of hydrogen-bond acceptors (Lipinski definition) is 6. The molecule has 0 fully saturated rings. The first-order valence-corrected chi connectivity index (χ1v) is 9.26. The molecule has 0 aliphatic rings. The Morgan fingerprint density at radius 1 is 0.963 bits per heavy atom. The summed E-state index contributed by atoms with van der Waals surface area (Å²) in [7, 11) is -1.17. The number of nitrogens with zero attached hydrogens (tertiary/aromatic N) is 2. The number of sulfonamides is 1. The summed E-state index contributed by atoms with van der Waals surface area (Å²) in [5, 5.41) is 7.93. The fraction of sp³-hybridized carbons (Fsp3) is 0.111. The predicted octanol–water partition coefficient (Wildman–Crippen LogP) is 3.10. The Labute approximate surface area is 155 Å². The van der Waals surface area contributed by atoms with Gasteiger partial charge in [-0.3, -0.25) is 4.72 Å². The molecular weight excluding hydrogens is 373 g/mol. The molecule has 0 unspecified atom stereocenters. The summed E-state index contributed by atoms with van der Waals surface area (Å²) in [6.07, 6.45) is 0. The number of nitrogens with one attached hydrogen (secondary N) is 1. The van der Waals surface area contributed by atoms with Crippen molar-refractivity contribution in [1.29, 1.82) is 0 Å². The van der Waals surface area contributed by atoms with E-state index in [9.17, 15) is 12.8 Å². The number of aromatic nitrogens is 2. The van der Waals surface area contributed by atoms with Crippen LogP contribution in [0.1, 0.15) is 0 Å². The summed E-state index contributed by atoms with van der Waals surface area (Å²) in [5.74, 6) is -0.419. The highest BCUT2D eigenvalue weighted by Gasteiger charge is 2.17. The van der Waals surface area contributed by atoms with Crippen LogP contribution in [0.3, 0.4) is 0 Å². The van der Waals surface area contributed by atoms with Crippen LogP contribution < -0.4 is 14.2 Å². The molecule has 0 saturated heterocycles. The predicted molar refractivity (Wildman–Crippen MR) is 97.8 cm³/mol. The largest absolute Gasteiger partial charge is 0.494 e. The molecule has 9 heteroatoms. The summed E-state index contributed by atoms with van der Waals surface area (Å²) < 4.78 is 50.9. The third kappa shape index (κ3) is 4.14. The fourth-order valence-electron chi connectivity index (χ4n) is 2.35. The van der Waals surface area contributed by atoms with Gasteiger partial charge in [0.15, 0.2) is 11.6 Å². The summed E-state index contributed by atoms with van der Waals surface area (Å²) in [5.41, 5.74) is 1.55. The minimum absolute atomic E-state index is 0.115. The van der Waals surface area contributed by atoms with E-state index < -0.39 is 15.8 Å². The molecule has 1 aromatic heterocycles. The SMILES string of the molecule is COc1ccc(-c2cccc(NS(=O)(=O)c3ccc(F)c(OC)c3)c2)nn1. The Hall–Kier alpha value is -3.20. The zero-order valence-corrected chi connectivity index (χ0v) is 15.3. The highest BCUT2D eigenvalue weighted by molar-refractivity contribution is 7.92. The lowest BCUT2D eigenvalue weighted by atomic mass is 10.1. The van der Waals surface area contributed by atoms with Gasteiger partial charge in [0.1, 0.15) is 0 Å². The summed E-state index contributed by atoms with van der Waals surface area (Å²) in [6, 6.07) is 13.4. The van der Waals surface area contributed by atoms with E-state index in [1.807, 2.05) is 0 Å². The lowest BCUT2D eigenvalue weighted by molar-refractivity contribution is 0.385. The maximum Gasteiger partial charge on any atom is 0.262 e. The number of benzene rings is 2. The van der Waals surface area contributed by atoms with Gasteiger partial charge < -0.3 is 9.47 Å². The third-order valence-corrected chi connectivity index (χ3v) is 5.07. The van der Waals surface area contributed by atoms with Crippen LogP contribution in [0.4, 0.5) is 10.1 Å². The second kappa shape index (κ2) is 7.58. The monoisotopic (exact) mass is 389 g/mol. The van der Waals surface area contributed by atoms with E-state index >= 15 is 0 Å². The molecule has 0 atom stereocenters. The molecule has 0 spiro atoms. The zero-order valence-electron chi connectivity index (χ0n) is 14.5. The smallest absolute Gasteiger partial charge is 0.262 e. The Balaban J connectivity index is 1.88. The van der Waals surface area contributed by atoms with Gasteiger partial charge in [0, 0.05) is 23.4 Å². The van der Waals surface area contributed by atoms with Crippen molar-refractivity contribution in [3.05, 3.63) is 60.4 Å². The topological polar surface area (TPSA) is 90.4 Å². The van der Waals surface area contributed by atoms with Gasteiger partial charge in [-0.25, -0.2) is 12.8 Å². The van der Waals surface area contributed by atoms with E-state index in [0.29, 0.717) is 22.8 Å². The van der Waals surface area contributed by atoms with Crippen LogP contribution in [0.2, 0.25) is 0 Å². The highest BCUT2D eigenvalue weighted by atomic mass is 32.2. The van der Waals surface area contributed by atoms with Crippen LogP contribution in [0.15, 0.2) is 59.5 Å². The van der Waals surface area contributed by atoms with Crippen LogP contribution in [0, 0.1) is 5.82 Å². The van der Waals surface area contributed by atoms with Gasteiger partial charge in [-0.05, 0) is 30.3 Å². The highest BCUT2D eigenvalue weighted by Crippen LogP contribution is 2.25. The first-order chi connectivity index (χ1) is 12.9. The van der Waals surface area contributed by atoms with Crippen molar-refractivity contribution in [3.63, 3.8) is 0 Å². The zero-order chi connectivity index (χ0) is 19.4. The summed E-state index contributed by atoms with van der Waals surface area (Å²) in [4.78, 5) is -0.115. The van der Waals surface area contributed by atoms with Crippen molar-refractivity contribution >= 4 is 15.7 Å². The van der Waals surface area contributed by atoms with Crippen molar-refractivity contribution in [2.45, 2.75) is 4.90 Å². The van der Waals surface area contributed by atoms with Crippen LogP contribution in [0.25, 0.3) is 11.3 Å². The maximum atomic E-state index is 13.5. The number of methoxy groups -OCH3 is 2. The van der Waals surface area contributed by atoms with Crippen molar-refractivity contribution in [2.75, 3.05) is 18.9 Å². The van der Waals surface area contributed by atoms with Gasteiger partial charge in [-0.1, -0.05) is 12.1 Å². The van der Waals surface area contributed by atoms with Gasteiger partial charge in [0.2, 0.25) is 5.88 Å². The molecule has 1 heterocycles. The van der Waals surface area contributed by atoms with E-state index in [-0.39, 0.29) is 10.6 Å². The van der Waals surface area contributed by atoms with Gasteiger partial charge in [0.25, 0.3) is 10.0 Å². The van der Waals surface area contributed by atoms with Gasteiger partial charge >= 0.3 is 0 Å². The number of rotatable bonds is 6. The lowest BCUT2D eigenvalue weighted by Crippen LogP contribution is -2.13. The van der Waals surface area contributed by atoms with Crippen molar-refractivity contribution in [1.82, 2.24) is 10.2 Å². The first-order valence-electron chi connectivity index (χ1n) is 7.77. The minimum atomic E-state index is -3.93. The number of hydrogen-bond donors (Lipinski definition) is 1. The van der Waals surface area contributed by atoms with Crippen LogP contribution in [-0.4, -0.2) is 32.8 Å². The summed E-state index contributed by atoms with van der Waals surface area (Å²) >= 11 is 0. The third-order valence-electron chi connectivity index (χ3n) is 3.69. The second-order valence-electron chi connectivity index (χ2n) is 5.44. The molecule has 1 N–H and O–H groups in total. The van der Waals surface area contributed by atoms with Crippen LogP contribution >= 0.6 is 0 Å².